The van der Waals surface area contributed by atoms with Gasteiger partial charge in [-0.05, 0) is 18.8 Å². The van der Waals surface area contributed by atoms with Gasteiger partial charge in [0.1, 0.15) is 0 Å². The van der Waals surface area contributed by atoms with Crippen LogP contribution < -0.4 is 4.90 Å². The van der Waals surface area contributed by atoms with Gasteiger partial charge in [0, 0.05) is 26.2 Å². The third-order valence-corrected chi connectivity index (χ3v) is 6.09. The Morgan fingerprint density at radius 1 is 1.35 bits per heavy atom. The van der Waals surface area contributed by atoms with Crippen LogP contribution in [0.3, 0.4) is 0 Å². The van der Waals surface area contributed by atoms with Crippen LogP contribution in [0.4, 0.5) is 5.95 Å². The molecule has 3 heterocycles. The Kier molecular flexibility index (Phi) is 4.48. The zero-order chi connectivity index (χ0) is 18.3. The lowest BCUT2D eigenvalue weighted by Gasteiger charge is -2.27. The molecule has 1 aromatic heterocycles. The minimum atomic E-state index is -0.817. The number of carboxylic acids is 1. The number of carbonyl (C=O) groups is 2. The van der Waals surface area contributed by atoms with E-state index in [9.17, 15) is 14.7 Å². The molecule has 2 atom stereocenters. The topological polar surface area (TPSA) is 95.9 Å². The van der Waals surface area contributed by atoms with Crippen molar-refractivity contribution in [2.24, 2.45) is 11.3 Å². The number of halogens is 1. The van der Waals surface area contributed by atoms with Gasteiger partial charge in [-0.2, -0.15) is 0 Å². The fraction of sp³-hybridized carbons (Fsp3) is 0.647. The predicted molar refractivity (Wildman–Crippen MR) is 93.4 cm³/mol. The average molecular weight is 381 g/mol. The first-order chi connectivity index (χ1) is 12.5. The van der Waals surface area contributed by atoms with Gasteiger partial charge in [-0.25, -0.2) is 9.97 Å². The first-order valence-corrected chi connectivity index (χ1v) is 9.27. The summed E-state index contributed by atoms with van der Waals surface area (Å²) in [6, 6.07) is 0. The van der Waals surface area contributed by atoms with Crippen LogP contribution in [0.1, 0.15) is 29.8 Å². The maximum Gasteiger partial charge on any atom is 0.311 e. The summed E-state index contributed by atoms with van der Waals surface area (Å²) in [6.07, 6.45) is 3.80. The van der Waals surface area contributed by atoms with Crippen molar-refractivity contribution in [2.75, 3.05) is 44.3 Å². The number of hydrogen-bond donors (Lipinski definition) is 1. The molecular formula is C17H21ClN4O4. The molecule has 4 rings (SSSR count). The van der Waals surface area contributed by atoms with Crippen molar-refractivity contribution >= 4 is 29.4 Å². The molecule has 1 aliphatic carbocycles. The van der Waals surface area contributed by atoms with Crippen LogP contribution in [0.2, 0.25) is 5.02 Å². The number of likely N-dealkylation sites (tertiary alicyclic amines) is 1. The number of anilines is 1. The van der Waals surface area contributed by atoms with E-state index in [4.69, 9.17) is 16.3 Å². The Labute approximate surface area is 156 Å². The molecule has 0 radical (unpaired) electrons. The highest BCUT2D eigenvalue weighted by molar-refractivity contribution is 6.33. The molecule has 1 amide bonds. The lowest BCUT2D eigenvalue weighted by Crippen LogP contribution is -2.39. The van der Waals surface area contributed by atoms with Gasteiger partial charge in [-0.3, -0.25) is 9.59 Å². The van der Waals surface area contributed by atoms with E-state index in [2.05, 4.69) is 9.97 Å². The van der Waals surface area contributed by atoms with Gasteiger partial charge >= 0.3 is 5.97 Å². The number of fused-ring (bicyclic) bond motifs is 1. The summed E-state index contributed by atoms with van der Waals surface area (Å²) < 4.78 is 5.33. The summed E-state index contributed by atoms with van der Waals surface area (Å²) in [4.78, 5) is 37.0. The van der Waals surface area contributed by atoms with Crippen molar-refractivity contribution in [3.63, 3.8) is 0 Å². The normalized spacial score (nSPS) is 28.3. The van der Waals surface area contributed by atoms with Crippen LogP contribution >= 0.6 is 11.6 Å². The predicted octanol–water partition coefficient (Wildman–Crippen LogP) is 1.29. The molecule has 0 spiro atoms. The molecule has 26 heavy (non-hydrogen) atoms. The Morgan fingerprint density at radius 3 is 2.81 bits per heavy atom. The zero-order valence-corrected chi connectivity index (χ0v) is 15.1. The van der Waals surface area contributed by atoms with Crippen LogP contribution in [0.25, 0.3) is 0 Å². The second-order valence-electron chi connectivity index (χ2n) is 7.20. The maximum atomic E-state index is 13.0. The van der Waals surface area contributed by atoms with Gasteiger partial charge in [0.15, 0.2) is 5.69 Å². The molecule has 2 saturated heterocycles. The maximum absolute atomic E-state index is 13.0. The minimum absolute atomic E-state index is 0.00303. The standard InChI is InChI=1S/C17H21ClN4O4/c18-12-8-19-16(21-4-6-26-7-5-21)20-13(12)14(23)22-9-11-2-1-3-17(11,10-22)15(24)25/h8,11H,1-7,9-10H2,(H,24,25)/t11-,17-/m0/s1. The Morgan fingerprint density at radius 2 is 2.12 bits per heavy atom. The highest BCUT2D eigenvalue weighted by Gasteiger charge is 2.56. The number of aromatic nitrogens is 2. The van der Waals surface area contributed by atoms with Crippen LogP contribution in [0.15, 0.2) is 6.20 Å². The van der Waals surface area contributed by atoms with Crippen molar-refractivity contribution in [1.82, 2.24) is 14.9 Å². The van der Waals surface area contributed by atoms with Gasteiger partial charge in [-0.1, -0.05) is 18.0 Å². The number of carboxylic acid groups (broad SMARTS) is 1. The molecule has 2 aliphatic heterocycles. The third-order valence-electron chi connectivity index (χ3n) is 5.81. The SMILES string of the molecule is O=C(c1nc(N2CCOCC2)ncc1Cl)N1C[C@@H]2CCC[C@]2(C(=O)O)C1. The summed E-state index contributed by atoms with van der Waals surface area (Å²) >= 11 is 6.19. The van der Waals surface area contributed by atoms with Crippen molar-refractivity contribution in [2.45, 2.75) is 19.3 Å². The minimum Gasteiger partial charge on any atom is -0.481 e. The monoisotopic (exact) mass is 380 g/mol. The quantitative estimate of drug-likeness (QED) is 0.844. The number of amides is 1. The number of carbonyl (C=O) groups excluding carboxylic acids is 1. The molecule has 0 unspecified atom stereocenters. The number of hydrogen-bond acceptors (Lipinski definition) is 6. The van der Waals surface area contributed by atoms with Crippen LogP contribution in [0.5, 0.6) is 0 Å². The van der Waals surface area contributed by atoms with Gasteiger partial charge < -0.3 is 19.6 Å². The fourth-order valence-electron chi connectivity index (χ4n) is 4.37. The summed E-state index contributed by atoms with van der Waals surface area (Å²) in [5.74, 6) is -0.670. The number of morpholine rings is 1. The first kappa shape index (κ1) is 17.5. The highest BCUT2D eigenvalue weighted by atomic mass is 35.5. The molecule has 1 N–H and O–H groups in total. The molecule has 1 saturated carbocycles. The lowest BCUT2D eigenvalue weighted by atomic mass is 9.81. The molecule has 0 aromatic carbocycles. The molecular weight excluding hydrogens is 360 g/mol. The van der Waals surface area contributed by atoms with E-state index >= 15 is 0 Å². The van der Waals surface area contributed by atoms with E-state index in [1.807, 2.05) is 4.90 Å². The van der Waals surface area contributed by atoms with Crippen LogP contribution in [0, 0.1) is 11.3 Å². The molecule has 1 aromatic rings. The smallest absolute Gasteiger partial charge is 0.311 e. The largest absolute Gasteiger partial charge is 0.481 e. The van der Waals surface area contributed by atoms with Crippen LogP contribution in [-0.4, -0.2) is 71.2 Å². The molecule has 8 nitrogen and oxygen atoms in total. The number of rotatable bonds is 3. The summed E-state index contributed by atoms with van der Waals surface area (Å²) in [6.45, 7) is 3.15. The number of nitrogens with zero attached hydrogens (tertiary/aromatic N) is 4. The second-order valence-corrected chi connectivity index (χ2v) is 7.61. The second kappa shape index (κ2) is 6.66. The number of aliphatic carboxylic acids is 1. The number of ether oxygens (including phenoxy) is 1. The van der Waals surface area contributed by atoms with Gasteiger partial charge in [0.05, 0.1) is 29.8 Å². The van der Waals surface area contributed by atoms with E-state index in [1.54, 1.807) is 4.90 Å². The third kappa shape index (κ3) is 2.81. The zero-order valence-electron chi connectivity index (χ0n) is 14.4. The lowest BCUT2D eigenvalue weighted by molar-refractivity contribution is -0.149. The summed E-state index contributed by atoms with van der Waals surface area (Å²) in [5.41, 5.74) is -0.675. The van der Waals surface area contributed by atoms with Gasteiger partial charge in [0.2, 0.25) is 5.95 Å². The van der Waals surface area contributed by atoms with Crippen molar-refractivity contribution < 1.29 is 19.4 Å². The fourth-order valence-corrected chi connectivity index (χ4v) is 4.54. The first-order valence-electron chi connectivity index (χ1n) is 8.89. The van der Waals surface area contributed by atoms with Crippen molar-refractivity contribution in [3.05, 3.63) is 16.9 Å². The Hall–Kier alpha value is -1.93. The molecule has 0 bridgehead atoms. The Bertz CT molecular complexity index is 739. The molecule has 3 aliphatic rings. The van der Waals surface area contributed by atoms with Crippen LogP contribution in [-0.2, 0) is 9.53 Å². The molecule has 140 valence electrons. The summed E-state index contributed by atoms with van der Waals surface area (Å²) in [7, 11) is 0. The van der Waals surface area contributed by atoms with E-state index in [0.29, 0.717) is 45.2 Å². The van der Waals surface area contributed by atoms with E-state index in [0.717, 1.165) is 12.8 Å². The molecule has 9 heteroatoms. The summed E-state index contributed by atoms with van der Waals surface area (Å²) in [5, 5.41) is 9.89. The highest BCUT2D eigenvalue weighted by Crippen LogP contribution is 2.49. The van der Waals surface area contributed by atoms with E-state index in [-0.39, 0.29) is 29.1 Å². The van der Waals surface area contributed by atoms with E-state index in [1.165, 1.54) is 6.20 Å². The van der Waals surface area contributed by atoms with Gasteiger partial charge in [-0.15, -0.1) is 0 Å². The average Bonchev–Trinajstić information content (AvgIpc) is 3.21. The molecule has 3 fully saturated rings. The van der Waals surface area contributed by atoms with Crippen molar-refractivity contribution in [1.29, 1.82) is 0 Å². The van der Waals surface area contributed by atoms with Crippen molar-refractivity contribution in [3.8, 4) is 0 Å². The van der Waals surface area contributed by atoms with Gasteiger partial charge in [0.25, 0.3) is 5.91 Å². The Balaban J connectivity index is 1.58. The van der Waals surface area contributed by atoms with E-state index < -0.39 is 11.4 Å².